The van der Waals surface area contributed by atoms with Crippen LogP contribution in [0.25, 0.3) is 0 Å². The number of rotatable bonds is 3. The summed E-state index contributed by atoms with van der Waals surface area (Å²) in [6.45, 7) is 1.26. The molecule has 0 radical (unpaired) electrons. The Kier molecular flexibility index (Phi) is 4.71. The zero-order valence-electron chi connectivity index (χ0n) is 10.3. The van der Waals surface area contributed by atoms with Crippen LogP contribution < -0.4 is 10.8 Å². The van der Waals surface area contributed by atoms with Crippen molar-refractivity contribution in [3.8, 4) is 0 Å². The molecule has 3 rings (SSSR count). The molecule has 0 saturated carbocycles. The van der Waals surface area contributed by atoms with Crippen LogP contribution in [0, 0.1) is 0 Å². The third-order valence-electron chi connectivity index (χ3n) is 2.96. The molecule has 1 aliphatic rings. The van der Waals surface area contributed by atoms with Crippen molar-refractivity contribution in [2.45, 2.75) is 9.79 Å². The van der Waals surface area contributed by atoms with Crippen LogP contribution in [0.15, 0.2) is 58.3 Å². The van der Waals surface area contributed by atoms with Crippen LogP contribution in [-0.2, 0) is 4.84 Å². The lowest BCUT2D eigenvalue weighted by molar-refractivity contribution is 0.145. The van der Waals surface area contributed by atoms with E-state index in [9.17, 15) is 0 Å². The number of halogens is 1. The molecule has 1 heterocycles. The molecule has 2 aromatic rings. The fraction of sp³-hybridized carbons (Fsp3) is 0.143. The molecule has 2 aromatic carbocycles. The maximum absolute atomic E-state index is 5.15. The molecule has 1 aliphatic heterocycles. The standard InChI is InChI=1S/C14H14N2OS.ClH/c15-17-10-9-16-11-5-1-3-7-13(11)18-14-8-4-2-6-12(14)16;/h1-8H,9-10,15H2;1H. The van der Waals surface area contributed by atoms with Crippen LogP contribution in [0.4, 0.5) is 11.4 Å². The van der Waals surface area contributed by atoms with Crippen LogP contribution in [0.3, 0.4) is 0 Å². The van der Waals surface area contributed by atoms with Gasteiger partial charge in [-0.05, 0) is 24.3 Å². The molecule has 0 atom stereocenters. The van der Waals surface area contributed by atoms with Crippen LogP contribution in [-0.4, -0.2) is 13.2 Å². The number of hydrogen-bond acceptors (Lipinski definition) is 4. The number of para-hydroxylation sites is 2. The monoisotopic (exact) mass is 294 g/mol. The van der Waals surface area contributed by atoms with E-state index in [0.717, 1.165) is 6.54 Å². The minimum atomic E-state index is 0. The third-order valence-corrected chi connectivity index (χ3v) is 4.10. The minimum Gasteiger partial charge on any atom is -0.337 e. The molecule has 5 heteroatoms. The SMILES string of the molecule is Cl.NOCCN1c2ccccc2Sc2ccccc21. The van der Waals surface area contributed by atoms with Gasteiger partial charge in [0.1, 0.15) is 0 Å². The highest BCUT2D eigenvalue weighted by Crippen LogP contribution is 2.47. The number of fused-ring (bicyclic) bond motifs is 2. The molecule has 3 nitrogen and oxygen atoms in total. The molecular formula is C14H15ClN2OS. The smallest absolute Gasteiger partial charge is 0.0858 e. The number of benzene rings is 2. The summed E-state index contributed by atoms with van der Waals surface area (Å²) in [7, 11) is 0. The van der Waals surface area contributed by atoms with Crippen LogP contribution in [0.1, 0.15) is 0 Å². The highest BCUT2D eigenvalue weighted by Gasteiger charge is 2.22. The second-order valence-corrected chi connectivity index (χ2v) is 5.14. The van der Waals surface area contributed by atoms with Gasteiger partial charge in [0.2, 0.25) is 0 Å². The Hall–Kier alpha value is -1.20. The highest BCUT2D eigenvalue weighted by molar-refractivity contribution is 7.99. The van der Waals surface area contributed by atoms with Gasteiger partial charge in [0.05, 0.1) is 18.0 Å². The molecule has 0 unspecified atom stereocenters. The van der Waals surface area contributed by atoms with Crippen LogP contribution >= 0.6 is 24.2 Å². The number of nitrogens with zero attached hydrogens (tertiary/aromatic N) is 1. The molecular weight excluding hydrogens is 280 g/mol. The number of anilines is 2. The Balaban J connectivity index is 0.00000133. The first-order valence-corrected chi connectivity index (χ1v) is 6.67. The summed E-state index contributed by atoms with van der Waals surface area (Å²) in [6.07, 6.45) is 0. The van der Waals surface area contributed by atoms with Gasteiger partial charge in [0, 0.05) is 16.3 Å². The summed E-state index contributed by atoms with van der Waals surface area (Å²) in [4.78, 5) is 9.53. The highest BCUT2D eigenvalue weighted by atomic mass is 35.5. The molecule has 2 N–H and O–H groups in total. The quantitative estimate of drug-likeness (QED) is 0.878. The van der Waals surface area contributed by atoms with Crippen molar-refractivity contribution in [3.63, 3.8) is 0 Å². The van der Waals surface area contributed by atoms with Crippen molar-refractivity contribution in [2.24, 2.45) is 5.90 Å². The van der Waals surface area contributed by atoms with E-state index in [-0.39, 0.29) is 12.4 Å². The lowest BCUT2D eigenvalue weighted by atomic mass is 10.2. The zero-order valence-corrected chi connectivity index (χ0v) is 11.9. The van der Waals surface area contributed by atoms with Gasteiger partial charge in [0.25, 0.3) is 0 Å². The van der Waals surface area contributed by atoms with E-state index in [1.807, 2.05) is 0 Å². The van der Waals surface area contributed by atoms with Crippen molar-refractivity contribution in [1.82, 2.24) is 0 Å². The topological polar surface area (TPSA) is 38.5 Å². The third kappa shape index (κ3) is 2.72. The average molecular weight is 295 g/mol. The molecule has 19 heavy (non-hydrogen) atoms. The Bertz CT molecular complexity index is 519. The second kappa shape index (κ2) is 6.30. The number of nitrogens with two attached hydrogens (primary N) is 1. The first kappa shape index (κ1) is 14.2. The predicted octanol–water partition coefficient (Wildman–Crippen LogP) is 3.60. The minimum absolute atomic E-state index is 0. The van der Waals surface area contributed by atoms with Gasteiger partial charge in [-0.1, -0.05) is 36.0 Å². The molecule has 0 saturated heterocycles. The van der Waals surface area contributed by atoms with Crippen LogP contribution in [0.2, 0.25) is 0 Å². The van der Waals surface area contributed by atoms with Gasteiger partial charge in [-0.25, -0.2) is 5.90 Å². The van der Waals surface area contributed by atoms with E-state index in [0.29, 0.717) is 6.61 Å². The average Bonchev–Trinajstić information content (AvgIpc) is 2.43. The first-order chi connectivity index (χ1) is 8.90. The molecule has 0 spiro atoms. The largest absolute Gasteiger partial charge is 0.337 e. The molecule has 0 amide bonds. The Labute approximate surface area is 123 Å². The van der Waals surface area contributed by atoms with E-state index in [1.54, 1.807) is 11.8 Å². The Morgan fingerprint density at radius 1 is 0.947 bits per heavy atom. The molecule has 0 fully saturated rings. The summed E-state index contributed by atoms with van der Waals surface area (Å²) in [5.41, 5.74) is 2.44. The lowest BCUT2D eigenvalue weighted by Crippen LogP contribution is -2.26. The Morgan fingerprint density at radius 3 is 2.00 bits per heavy atom. The van der Waals surface area contributed by atoms with Gasteiger partial charge >= 0.3 is 0 Å². The summed E-state index contributed by atoms with van der Waals surface area (Å²) < 4.78 is 0. The van der Waals surface area contributed by atoms with Crippen molar-refractivity contribution >= 4 is 35.5 Å². The van der Waals surface area contributed by atoms with Gasteiger partial charge < -0.3 is 9.74 Å². The molecule has 0 aromatic heterocycles. The first-order valence-electron chi connectivity index (χ1n) is 5.85. The van der Waals surface area contributed by atoms with Gasteiger partial charge in [0.15, 0.2) is 0 Å². The fourth-order valence-corrected chi connectivity index (χ4v) is 3.26. The van der Waals surface area contributed by atoms with Gasteiger partial charge in [-0.3, -0.25) is 0 Å². The van der Waals surface area contributed by atoms with Crippen molar-refractivity contribution in [3.05, 3.63) is 48.5 Å². The predicted molar refractivity (Wildman–Crippen MR) is 81.4 cm³/mol. The molecule has 0 aliphatic carbocycles. The van der Waals surface area contributed by atoms with E-state index in [1.165, 1.54) is 21.2 Å². The molecule has 0 bridgehead atoms. The summed E-state index contributed by atoms with van der Waals surface area (Å²) >= 11 is 1.81. The Morgan fingerprint density at radius 2 is 1.47 bits per heavy atom. The second-order valence-electron chi connectivity index (χ2n) is 4.06. The summed E-state index contributed by atoms with van der Waals surface area (Å²) in [5.74, 6) is 5.15. The summed E-state index contributed by atoms with van der Waals surface area (Å²) in [5, 5.41) is 0. The zero-order chi connectivity index (χ0) is 12.4. The van der Waals surface area contributed by atoms with Gasteiger partial charge in [-0.15, -0.1) is 12.4 Å². The summed E-state index contributed by atoms with van der Waals surface area (Å²) in [6, 6.07) is 16.8. The number of hydrogen-bond donors (Lipinski definition) is 1. The van der Waals surface area contributed by atoms with Crippen molar-refractivity contribution < 1.29 is 4.84 Å². The van der Waals surface area contributed by atoms with E-state index >= 15 is 0 Å². The fourth-order valence-electron chi connectivity index (χ4n) is 2.17. The van der Waals surface area contributed by atoms with E-state index in [4.69, 9.17) is 10.7 Å². The molecule has 100 valence electrons. The maximum Gasteiger partial charge on any atom is 0.0858 e. The maximum atomic E-state index is 5.15. The van der Waals surface area contributed by atoms with Gasteiger partial charge in [-0.2, -0.15) is 0 Å². The van der Waals surface area contributed by atoms with Crippen LogP contribution in [0.5, 0.6) is 0 Å². The normalized spacial score (nSPS) is 12.4. The lowest BCUT2D eigenvalue weighted by Gasteiger charge is -2.32. The van der Waals surface area contributed by atoms with E-state index < -0.39 is 0 Å². The van der Waals surface area contributed by atoms with Crippen molar-refractivity contribution in [1.29, 1.82) is 0 Å². The van der Waals surface area contributed by atoms with E-state index in [2.05, 4.69) is 53.4 Å². The van der Waals surface area contributed by atoms with Crippen molar-refractivity contribution in [2.75, 3.05) is 18.1 Å².